The van der Waals surface area contributed by atoms with Gasteiger partial charge in [-0.25, -0.2) is 4.79 Å². The Morgan fingerprint density at radius 3 is 2.59 bits per heavy atom. The average molecular weight is 444 g/mol. The summed E-state index contributed by atoms with van der Waals surface area (Å²) in [7, 11) is 0. The van der Waals surface area contributed by atoms with Crippen molar-refractivity contribution in [1.29, 1.82) is 0 Å². The SMILES string of the molecule is CC(=O)[C@H](Cc1ccccc1)NC(=O)COC(=O)CN1C(=O)N[C@@]2(CCCC[C@H]2C)C1=O. The minimum absolute atomic E-state index is 0.0207. The highest BCUT2D eigenvalue weighted by atomic mass is 16.5. The first-order valence-electron chi connectivity index (χ1n) is 10.9. The van der Waals surface area contributed by atoms with Gasteiger partial charge in [0.25, 0.3) is 11.8 Å². The highest BCUT2D eigenvalue weighted by Crippen LogP contribution is 2.38. The first-order chi connectivity index (χ1) is 15.2. The lowest BCUT2D eigenvalue weighted by molar-refractivity contribution is -0.151. The number of esters is 1. The maximum absolute atomic E-state index is 12.9. The number of urea groups is 1. The molecule has 172 valence electrons. The number of rotatable bonds is 8. The minimum atomic E-state index is -0.959. The lowest BCUT2D eigenvalue weighted by Crippen LogP contribution is -2.54. The zero-order valence-electron chi connectivity index (χ0n) is 18.4. The molecule has 9 heteroatoms. The molecule has 3 atom stereocenters. The average Bonchev–Trinajstić information content (AvgIpc) is 2.99. The van der Waals surface area contributed by atoms with Crippen LogP contribution < -0.4 is 10.6 Å². The molecule has 1 spiro atoms. The molecular weight excluding hydrogens is 414 g/mol. The normalized spacial score (nSPS) is 23.6. The zero-order valence-corrected chi connectivity index (χ0v) is 18.4. The second kappa shape index (κ2) is 9.93. The molecule has 1 saturated carbocycles. The molecule has 2 fully saturated rings. The first kappa shape index (κ1) is 23.4. The van der Waals surface area contributed by atoms with Gasteiger partial charge in [-0.3, -0.25) is 24.1 Å². The van der Waals surface area contributed by atoms with E-state index in [-0.39, 0.29) is 11.7 Å². The second-order valence-electron chi connectivity index (χ2n) is 8.52. The van der Waals surface area contributed by atoms with E-state index >= 15 is 0 Å². The van der Waals surface area contributed by atoms with Crippen LogP contribution in [0.1, 0.15) is 45.1 Å². The van der Waals surface area contributed by atoms with Crippen LogP contribution in [-0.2, 0) is 30.3 Å². The van der Waals surface area contributed by atoms with E-state index in [1.54, 1.807) is 0 Å². The Balaban J connectivity index is 1.50. The molecule has 0 aromatic heterocycles. The largest absolute Gasteiger partial charge is 0.454 e. The summed E-state index contributed by atoms with van der Waals surface area (Å²) < 4.78 is 4.96. The number of carbonyl (C=O) groups is 5. The molecule has 32 heavy (non-hydrogen) atoms. The summed E-state index contributed by atoms with van der Waals surface area (Å²) in [6, 6.07) is 7.85. The van der Waals surface area contributed by atoms with Crippen LogP contribution in [0.4, 0.5) is 4.79 Å². The Hall–Kier alpha value is -3.23. The Kier molecular flexibility index (Phi) is 7.27. The van der Waals surface area contributed by atoms with E-state index in [1.165, 1.54) is 6.92 Å². The molecule has 3 rings (SSSR count). The van der Waals surface area contributed by atoms with Crippen LogP contribution in [0.25, 0.3) is 0 Å². The lowest BCUT2D eigenvalue weighted by Gasteiger charge is -2.36. The van der Waals surface area contributed by atoms with Crippen LogP contribution in [-0.4, -0.2) is 59.2 Å². The van der Waals surface area contributed by atoms with Gasteiger partial charge in [-0.05, 0) is 37.7 Å². The summed E-state index contributed by atoms with van der Waals surface area (Å²) in [6.45, 7) is 2.12. The number of Topliss-reactive ketones (excluding diaryl/α,β-unsaturated/α-hetero) is 1. The lowest BCUT2D eigenvalue weighted by atomic mass is 9.73. The number of carbonyl (C=O) groups excluding carboxylic acids is 5. The molecule has 0 unspecified atom stereocenters. The molecule has 2 aliphatic rings. The van der Waals surface area contributed by atoms with Gasteiger partial charge in [-0.15, -0.1) is 0 Å². The van der Waals surface area contributed by atoms with Crippen molar-refractivity contribution >= 4 is 29.6 Å². The Morgan fingerprint density at radius 1 is 1.22 bits per heavy atom. The summed E-state index contributed by atoms with van der Waals surface area (Å²) in [5.74, 6) is -2.17. The number of ether oxygens (including phenoxy) is 1. The molecule has 0 bridgehead atoms. The van der Waals surface area contributed by atoms with Crippen molar-refractivity contribution in [3.8, 4) is 0 Å². The van der Waals surface area contributed by atoms with Gasteiger partial charge in [0.05, 0.1) is 6.04 Å². The van der Waals surface area contributed by atoms with Gasteiger partial charge in [-0.2, -0.15) is 0 Å². The van der Waals surface area contributed by atoms with Crippen molar-refractivity contribution in [1.82, 2.24) is 15.5 Å². The Morgan fingerprint density at radius 2 is 1.94 bits per heavy atom. The summed E-state index contributed by atoms with van der Waals surface area (Å²) in [6.07, 6.45) is 3.51. The molecular formula is C23H29N3O6. The maximum Gasteiger partial charge on any atom is 0.326 e. The molecule has 0 radical (unpaired) electrons. The van der Waals surface area contributed by atoms with Crippen molar-refractivity contribution in [3.05, 3.63) is 35.9 Å². The Labute approximate surface area is 186 Å². The fourth-order valence-electron chi connectivity index (χ4n) is 4.34. The standard InChI is InChI=1S/C23H29N3O6/c1-15-8-6-7-11-23(15)21(30)26(22(31)25-23)13-20(29)32-14-19(28)24-18(16(2)27)12-17-9-4-3-5-10-17/h3-5,9-10,15,18H,6-8,11-14H2,1-2H3,(H,24,28)(H,25,31)/t15-,18+,23-/m1/s1. The molecule has 1 saturated heterocycles. The minimum Gasteiger partial charge on any atom is -0.454 e. The zero-order chi connectivity index (χ0) is 23.3. The van der Waals surface area contributed by atoms with E-state index in [2.05, 4.69) is 10.6 Å². The number of imide groups is 1. The van der Waals surface area contributed by atoms with E-state index in [0.717, 1.165) is 29.7 Å². The number of amides is 4. The van der Waals surface area contributed by atoms with Gasteiger partial charge in [0.2, 0.25) is 0 Å². The summed E-state index contributed by atoms with van der Waals surface area (Å²) in [4.78, 5) is 62.4. The predicted molar refractivity (Wildman–Crippen MR) is 114 cm³/mol. The quantitative estimate of drug-likeness (QED) is 0.462. The monoisotopic (exact) mass is 443 g/mol. The van der Waals surface area contributed by atoms with Crippen molar-refractivity contribution in [2.75, 3.05) is 13.2 Å². The fraction of sp³-hybridized carbons (Fsp3) is 0.522. The third-order valence-electron chi connectivity index (χ3n) is 6.26. The number of nitrogens with zero attached hydrogens (tertiary/aromatic N) is 1. The van der Waals surface area contributed by atoms with Crippen LogP contribution in [0.15, 0.2) is 30.3 Å². The van der Waals surface area contributed by atoms with E-state index in [0.29, 0.717) is 12.8 Å². The van der Waals surface area contributed by atoms with Gasteiger partial charge in [0.15, 0.2) is 12.4 Å². The van der Waals surface area contributed by atoms with Gasteiger partial charge in [0.1, 0.15) is 12.1 Å². The predicted octanol–water partition coefficient (Wildman–Crippen LogP) is 1.35. The van der Waals surface area contributed by atoms with Crippen molar-refractivity contribution in [2.24, 2.45) is 5.92 Å². The van der Waals surface area contributed by atoms with Gasteiger partial charge in [-0.1, -0.05) is 50.1 Å². The van der Waals surface area contributed by atoms with Crippen molar-refractivity contribution in [3.63, 3.8) is 0 Å². The maximum atomic E-state index is 12.9. The van der Waals surface area contributed by atoms with Gasteiger partial charge in [0, 0.05) is 0 Å². The summed E-state index contributed by atoms with van der Waals surface area (Å²) in [5, 5.41) is 5.32. The number of hydrogen-bond acceptors (Lipinski definition) is 6. The van der Waals surface area contributed by atoms with Crippen LogP contribution in [0, 0.1) is 5.92 Å². The van der Waals surface area contributed by atoms with Crippen LogP contribution >= 0.6 is 0 Å². The molecule has 1 aliphatic carbocycles. The Bertz CT molecular complexity index is 902. The topological polar surface area (TPSA) is 122 Å². The molecule has 1 aromatic rings. The number of benzene rings is 1. The van der Waals surface area contributed by atoms with Gasteiger partial charge < -0.3 is 15.4 Å². The highest BCUT2D eigenvalue weighted by Gasteiger charge is 2.55. The molecule has 1 aliphatic heterocycles. The first-order valence-corrected chi connectivity index (χ1v) is 10.9. The van der Waals surface area contributed by atoms with Crippen molar-refractivity contribution < 1.29 is 28.7 Å². The number of hydrogen-bond donors (Lipinski definition) is 2. The molecule has 1 aromatic carbocycles. The van der Waals surface area contributed by atoms with Crippen molar-refractivity contribution in [2.45, 2.75) is 57.5 Å². The van der Waals surface area contributed by atoms with Crippen LogP contribution in [0.2, 0.25) is 0 Å². The summed E-state index contributed by atoms with van der Waals surface area (Å²) >= 11 is 0. The van der Waals surface area contributed by atoms with Gasteiger partial charge >= 0.3 is 12.0 Å². The molecule has 1 heterocycles. The molecule has 2 N–H and O–H groups in total. The summed E-state index contributed by atoms with van der Waals surface area (Å²) in [5.41, 5.74) is -0.0755. The van der Waals surface area contributed by atoms with E-state index in [9.17, 15) is 24.0 Å². The number of nitrogens with one attached hydrogen (secondary N) is 2. The second-order valence-corrected chi connectivity index (χ2v) is 8.52. The smallest absolute Gasteiger partial charge is 0.326 e. The number of ketones is 1. The van der Waals surface area contributed by atoms with Crippen LogP contribution in [0.5, 0.6) is 0 Å². The fourth-order valence-corrected chi connectivity index (χ4v) is 4.34. The molecule has 9 nitrogen and oxygen atoms in total. The molecule has 4 amide bonds. The van der Waals surface area contributed by atoms with E-state index in [1.807, 2.05) is 37.3 Å². The van der Waals surface area contributed by atoms with E-state index < -0.39 is 48.5 Å². The van der Waals surface area contributed by atoms with Crippen LogP contribution in [0.3, 0.4) is 0 Å². The third-order valence-corrected chi connectivity index (χ3v) is 6.26. The van der Waals surface area contributed by atoms with E-state index in [4.69, 9.17) is 4.74 Å². The third kappa shape index (κ3) is 5.15. The highest BCUT2D eigenvalue weighted by molar-refractivity contribution is 6.09.